The Morgan fingerprint density at radius 3 is 2.28 bits per heavy atom. The number of likely N-dealkylation sites (tertiary alicyclic amines) is 1. The molecule has 5 rings (SSSR count). The summed E-state index contributed by atoms with van der Waals surface area (Å²) in [4.78, 5) is 20.6. The first-order chi connectivity index (χ1) is 19.0. The van der Waals surface area contributed by atoms with Crippen molar-refractivity contribution in [1.29, 1.82) is 5.26 Å². The van der Waals surface area contributed by atoms with Crippen molar-refractivity contribution >= 4 is 5.91 Å². The van der Waals surface area contributed by atoms with Crippen molar-refractivity contribution in [2.75, 3.05) is 13.1 Å². The van der Waals surface area contributed by atoms with Crippen LogP contribution in [0.15, 0.2) is 91.1 Å². The lowest BCUT2D eigenvalue weighted by molar-refractivity contribution is -0.127. The van der Waals surface area contributed by atoms with E-state index in [1.54, 1.807) is 0 Å². The van der Waals surface area contributed by atoms with E-state index in [1.807, 2.05) is 56.4 Å². The molecule has 1 aliphatic heterocycles. The molecule has 1 saturated heterocycles. The number of imidazole rings is 1. The van der Waals surface area contributed by atoms with Crippen molar-refractivity contribution in [3.63, 3.8) is 0 Å². The molecular weight excluding hydrogens is 482 g/mol. The molecule has 2 heterocycles. The predicted molar refractivity (Wildman–Crippen MR) is 153 cm³/mol. The van der Waals surface area contributed by atoms with Gasteiger partial charge in [0.25, 0.3) is 0 Å². The molecule has 0 aliphatic carbocycles. The largest absolute Gasteiger partial charge is 0.348 e. The maximum absolute atomic E-state index is 13.6. The van der Waals surface area contributed by atoms with Crippen molar-refractivity contribution in [2.24, 2.45) is 5.92 Å². The Morgan fingerprint density at radius 1 is 1.03 bits per heavy atom. The van der Waals surface area contributed by atoms with Crippen LogP contribution in [0.2, 0.25) is 0 Å². The Kier molecular flexibility index (Phi) is 8.19. The molecule has 1 N–H and O–H groups in total. The Hall–Kier alpha value is -4.21. The summed E-state index contributed by atoms with van der Waals surface area (Å²) in [6.45, 7) is 6.33. The molecule has 0 radical (unpaired) electrons. The fraction of sp³-hybridized carbons (Fsp3) is 0.303. The zero-order chi connectivity index (χ0) is 27.2. The van der Waals surface area contributed by atoms with Crippen LogP contribution in [0.25, 0.3) is 0 Å². The van der Waals surface area contributed by atoms with Crippen molar-refractivity contribution in [1.82, 2.24) is 19.8 Å². The van der Waals surface area contributed by atoms with Gasteiger partial charge in [-0.3, -0.25) is 9.69 Å². The summed E-state index contributed by atoms with van der Waals surface area (Å²) >= 11 is 0. The number of rotatable bonds is 8. The van der Waals surface area contributed by atoms with E-state index < -0.39 is 0 Å². The third-order valence-electron chi connectivity index (χ3n) is 7.73. The highest BCUT2D eigenvalue weighted by atomic mass is 16.2. The summed E-state index contributed by atoms with van der Waals surface area (Å²) < 4.78 is 2.14. The number of amides is 1. The Labute approximate surface area is 230 Å². The zero-order valence-electron chi connectivity index (χ0n) is 22.6. The van der Waals surface area contributed by atoms with Crippen molar-refractivity contribution in [3.05, 3.63) is 125 Å². The number of carbonyl (C=O) groups excluding carboxylic acids is 1. The van der Waals surface area contributed by atoms with Crippen LogP contribution in [-0.2, 0) is 11.3 Å². The molecule has 6 nitrogen and oxygen atoms in total. The van der Waals surface area contributed by atoms with Gasteiger partial charge in [0, 0.05) is 13.1 Å². The van der Waals surface area contributed by atoms with E-state index in [2.05, 4.69) is 74.4 Å². The third-order valence-corrected chi connectivity index (χ3v) is 7.73. The van der Waals surface area contributed by atoms with Gasteiger partial charge in [0.1, 0.15) is 5.82 Å². The van der Waals surface area contributed by atoms with Gasteiger partial charge < -0.3 is 9.88 Å². The first kappa shape index (κ1) is 26.4. The van der Waals surface area contributed by atoms with Gasteiger partial charge in [-0.1, -0.05) is 72.8 Å². The molecule has 1 fully saturated rings. The normalized spacial score (nSPS) is 16.5. The maximum atomic E-state index is 13.6. The summed E-state index contributed by atoms with van der Waals surface area (Å²) in [5.74, 6) is 0.913. The Balaban J connectivity index is 1.29. The summed E-state index contributed by atoms with van der Waals surface area (Å²) in [7, 11) is 0. The number of piperidine rings is 1. The van der Waals surface area contributed by atoms with Crippen LogP contribution >= 0.6 is 0 Å². The van der Waals surface area contributed by atoms with Crippen LogP contribution in [0.1, 0.15) is 65.6 Å². The third kappa shape index (κ3) is 6.10. The molecule has 1 aliphatic rings. The predicted octanol–water partition coefficient (Wildman–Crippen LogP) is 5.79. The topological polar surface area (TPSA) is 74.0 Å². The SMILES string of the molecule is Cc1ncc([C@H](C)NC(=O)C2CCCN(C(c3ccccc3)c3ccccc3)C2)n1Cc1ccc(C#N)cc1. The second kappa shape index (κ2) is 12.1. The minimum atomic E-state index is -0.175. The molecule has 4 aromatic rings. The molecule has 0 bridgehead atoms. The van der Waals surface area contributed by atoms with Crippen LogP contribution < -0.4 is 5.32 Å². The zero-order valence-corrected chi connectivity index (χ0v) is 22.6. The van der Waals surface area contributed by atoms with Gasteiger partial charge in [-0.05, 0) is 62.1 Å². The van der Waals surface area contributed by atoms with Crippen molar-refractivity contribution < 1.29 is 4.79 Å². The monoisotopic (exact) mass is 517 g/mol. The van der Waals surface area contributed by atoms with E-state index in [9.17, 15) is 4.79 Å². The van der Waals surface area contributed by atoms with Crippen LogP contribution in [0.4, 0.5) is 0 Å². The lowest BCUT2D eigenvalue weighted by atomic mass is 9.91. The number of nitrogens with zero attached hydrogens (tertiary/aromatic N) is 4. The van der Waals surface area contributed by atoms with Crippen molar-refractivity contribution in [2.45, 2.75) is 45.3 Å². The smallest absolute Gasteiger partial charge is 0.224 e. The Bertz CT molecular complexity index is 1380. The quantitative estimate of drug-likeness (QED) is 0.321. The fourth-order valence-electron chi connectivity index (χ4n) is 5.65. The molecule has 2 atom stereocenters. The molecule has 0 spiro atoms. The number of aryl methyl sites for hydroxylation is 1. The molecular formula is C33H35N5O. The number of aromatic nitrogens is 2. The number of hydrogen-bond acceptors (Lipinski definition) is 4. The van der Waals surface area contributed by atoms with Crippen molar-refractivity contribution in [3.8, 4) is 6.07 Å². The standard InChI is InChI=1S/C33H35N5O/c1-24(31-21-35-25(2)38(31)22-27-17-15-26(20-34)16-18-27)36-33(39)30-14-9-19-37(23-30)32(28-10-5-3-6-11-28)29-12-7-4-8-13-29/h3-8,10-13,15-18,21,24,30,32H,9,14,19,22-23H2,1-2H3,(H,36,39)/t24-,30?/m0/s1. The highest BCUT2D eigenvalue weighted by Crippen LogP contribution is 2.32. The summed E-state index contributed by atoms with van der Waals surface area (Å²) in [6, 6.07) is 30.9. The average molecular weight is 518 g/mol. The summed E-state index contributed by atoms with van der Waals surface area (Å²) in [5, 5.41) is 12.4. The maximum Gasteiger partial charge on any atom is 0.224 e. The van der Waals surface area contributed by atoms with Gasteiger partial charge in [0.15, 0.2) is 0 Å². The van der Waals surface area contributed by atoms with E-state index >= 15 is 0 Å². The molecule has 1 amide bonds. The van der Waals surface area contributed by atoms with Gasteiger partial charge in [-0.2, -0.15) is 5.26 Å². The van der Waals surface area contributed by atoms with E-state index in [1.165, 1.54) is 11.1 Å². The fourth-order valence-corrected chi connectivity index (χ4v) is 5.65. The van der Waals surface area contributed by atoms with E-state index in [0.29, 0.717) is 12.1 Å². The van der Waals surface area contributed by atoms with Crippen LogP contribution in [0.3, 0.4) is 0 Å². The second-order valence-corrected chi connectivity index (χ2v) is 10.4. The number of benzene rings is 3. The minimum absolute atomic E-state index is 0.0767. The molecule has 198 valence electrons. The van der Waals surface area contributed by atoms with E-state index in [-0.39, 0.29) is 23.9 Å². The van der Waals surface area contributed by atoms with Gasteiger partial charge in [0.05, 0.1) is 41.5 Å². The molecule has 6 heteroatoms. The van der Waals surface area contributed by atoms with Crippen LogP contribution in [-0.4, -0.2) is 33.4 Å². The molecule has 3 aromatic carbocycles. The summed E-state index contributed by atoms with van der Waals surface area (Å²) in [5.41, 5.74) is 5.21. The lowest BCUT2D eigenvalue weighted by Crippen LogP contribution is -2.45. The highest BCUT2D eigenvalue weighted by Gasteiger charge is 2.32. The number of hydrogen-bond donors (Lipinski definition) is 1. The van der Waals surface area contributed by atoms with Gasteiger partial charge in [0.2, 0.25) is 5.91 Å². The number of nitriles is 1. The van der Waals surface area contributed by atoms with Crippen LogP contribution in [0.5, 0.6) is 0 Å². The number of nitrogens with one attached hydrogen (secondary N) is 1. The first-order valence-corrected chi connectivity index (χ1v) is 13.7. The molecule has 0 saturated carbocycles. The van der Waals surface area contributed by atoms with Crippen LogP contribution in [0, 0.1) is 24.2 Å². The molecule has 39 heavy (non-hydrogen) atoms. The highest BCUT2D eigenvalue weighted by molar-refractivity contribution is 5.79. The van der Waals surface area contributed by atoms with E-state index in [4.69, 9.17) is 5.26 Å². The van der Waals surface area contributed by atoms with Gasteiger partial charge in [-0.25, -0.2) is 4.98 Å². The second-order valence-electron chi connectivity index (χ2n) is 10.4. The van der Waals surface area contributed by atoms with Gasteiger partial charge >= 0.3 is 0 Å². The number of carbonyl (C=O) groups is 1. The summed E-state index contributed by atoms with van der Waals surface area (Å²) in [6.07, 6.45) is 3.73. The van der Waals surface area contributed by atoms with Gasteiger partial charge in [-0.15, -0.1) is 0 Å². The molecule has 1 unspecified atom stereocenters. The van der Waals surface area contributed by atoms with E-state index in [0.717, 1.165) is 43.0 Å². The lowest BCUT2D eigenvalue weighted by Gasteiger charge is -2.38. The first-order valence-electron chi connectivity index (χ1n) is 13.7. The molecule has 1 aromatic heterocycles. The average Bonchev–Trinajstić information content (AvgIpc) is 3.34. The minimum Gasteiger partial charge on any atom is -0.348 e. The Morgan fingerprint density at radius 2 is 1.67 bits per heavy atom.